The molecule has 6 heteroatoms. The van der Waals surface area contributed by atoms with Crippen LogP contribution >= 0.6 is 15.9 Å². The summed E-state index contributed by atoms with van der Waals surface area (Å²) in [6, 6.07) is 7.82. The van der Waals surface area contributed by atoms with Crippen LogP contribution in [0.4, 0.5) is 4.39 Å². The van der Waals surface area contributed by atoms with Crippen LogP contribution < -0.4 is 5.32 Å². The van der Waals surface area contributed by atoms with Crippen molar-refractivity contribution in [3.8, 4) is 0 Å². The molecule has 0 saturated heterocycles. The molecule has 0 fully saturated rings. The zero-order chi connectivity index (χ0) is 13.0. The van der Waals surface area contributed by atoms with Gasteiger partial charge in [0.1, 0.15) is 5.82 Å². The van der Waals surface area contributed by atoms with E-state index in [9.17, 15) is 9.18 Å². The summed E-state index contributed by atoms with van der Waals surface area (Å²) in [6.45, 7) is 0.202. The highest BCUT2D eigenvalue weighted by Crippen LogP contribution is 2.19. The largest absolute Gasteiger partial charge is 0.346 e. The van der Waals surface area contributed by atoms with Crippen molar-refractivity contribution in [2.24, 2.45) is 0 Å². The van der Waals surface area contributed by atoms with Crippen molar-refractivity contribution < 1.29 is 9.18 Å². The predicted molar refractivity (Wildman–Crippen MR) is 67.3 cm³/mol. The summed E-state index contributed by atoms with van der Waals surface area (Å²) < 4.78 is 13.9. The first-order valence-electron chi connectivity index (χ1n) is 5.17. The van der Waals surface area contributed by atoms with E-state index < -0.39 is 11.7 Å². The summed E-state index contributed by atoms with van der Waals surface area (Å²) in [7, 11) is 0. The molecule has 0 bridgehead atoms. The molecule has 0 aliphatic rings. The van der Waals surface area contributed by atoms with Crippen LogP contribution in [0.25, 0.3) is 0 Å². The standard InChI is InChI=1S/C12H9BrFN3O/c13-9-4-1-5-10(14)11(9)12(18)15-7-8-3-2-6-16-17-8/h1-6H,7H2,(H,15,18). The molecule has 0 saturated carbocycles. The number of amides is 1. The number of carbonyl (C=O) groups excluding carboxylic acids is 1. The lowest BCUT2D eigenvalue weighted by molar-refractivity contribution is 0.0945. The maximum absolute atomic E-state index is 13.5. The summed E-state index contributed by atoms with van der Waals surface area (Å²) in [6.07, 6.45) is 1.54. The van der Waals surface area contributed by atoms with E-state index in [0.717, 1.165) is 0 Å². The molecule has 1 amide bonds. The number of rotatable bonds is 3. The van der Waals surface area contributed by atoms with E-state index in [2.05, 4.69) is 31.4 Å². The van der Waals surface area contributed by atoms with E-state index in [4.69, 9.17) is 0 Å². The zero-order valence-electron chi connectivity index (χ0n) is 9.23. The van der Waals surface area contributed by atoms with E-state index in [0.29, 0.717) is 10.2 Å². The molecule has 0 spiro atoms. The number of halogens is 2. The van der Waals surface area contributed by atoms with Crippen molar-refractivity contribution in [2.75, 3.05) is 0 Å². The second kappa shape index (κ2) is 5.68. The highest BCUT2D eigenvalue weighted by Gasteiger charge is 2.14. The van der Waals surface area contributed by atoms with E-state index in [1.54, 1.807) is 24.4 Å². The summed E-state index contributed by atoms with van der Waals surface area (Å²) in [5.41, 5.74) is 0.597. The van der Waals surface area contributed by atoms with Gasteiger partial charge in [-0.1, -0.05) is 6.07 Å². The monoisotopic (exact) mass is 309 g/mol. The number of benzene rings is 1. The van der Waals surface area contributed by atoms with Gasteiger partial charge in [-0.25, -0.2) is 4.39 Å². The molecular formula is C12H9BrFN3O. The molecule has 2 aromatic rings. The van der Waals surface area contributed by atoms with Gasteiger partial charge in [-0.15, -0.1) is 0 Å². The lowest BCUT2D eigenvalue weighted by Crippen LogP contribution is -2.24. The third-order valence-electron chi connectivity index (χ3n) is 2.25. The number of hydrogen-bond acceptors (Lipinski definition) is 3. The highest BCUT2D eigenvalue weighted by molar-refractivity contribution is 9.10. The average molecular weight is 310 g/mol. The van der Waals surface area contributed by atoms with Gasteiger partial charge in [-0.05, 0) is 40.2 Å². The fourth-order valence-electron chi connectivity index (χ4n) is 1.40. The van der Waals surface area contributed by atoms with Crippen LogP contribution in [-0.2, 0) is 6.54 Å². The maximum atomic E-state index is 13.5. The van der Waals surface area contributed by atoms with Crippen LogP contribution in [0.2, 0.25) is 0 Å². The Morgan fingerprint density at radius 2 is 2.17 bits per heavy atom. The molecule has 0 aliphatic carbocycles. The second-order valence-corrected chi connectivity index (χ2v) is 4.35. The van der Waals surface area contributed by atoms with E-state index >= 15 is 0 Å². The molecule has 0 aliphatic heterocycles. The van der Waals surface area contributed by atoms with Gasteiger partial charge >= 0.3 is 0 Å². The van der Waals surface area contributed by atoms with E-state index in [1.807, 2.05) is 0 Å². The summed E-state index contributed by atoms with van der Waals surface area (Å²) >= 11 is 3.15. The molecular weight excluding hydrogens is 301 g/mol. The summed E-state index contributed by atoms with van der Waals surface area (Å²) in [4.78, 5) is 11.8. The minimum absolute atomic E-state index is 0.0126. The quantitative estimate of drug-likeness (QED) is 0.946. The molecule has 92 valence electrons. The fraction of sp³-hybridized carbons (Fsp3) is 0.0833. The Morgan fingerprint density at radius 1 is 1.33 bits per heavy atom. The fourth-order valence-corrected chi connectivity index (χ4v) is 1.92. The van der Waals surface area contributed by atoms with Gasteiger partial charge in [0.2, 0.25) is 0 Å². The normalized spacial score (nSPS) is 10.1. The van der Waals surface area contributed by atoms with Gasteiger partial charge < -0.3 is 5.32 Å². The van der Waals surface area contributed by atoms with Crippen LogP contribution in [-0.4, -0.2) is 16.1 Å². The first-order chi connectivity index (χ1) is 8.68. The van der Waals surface area contributed by atoms with Gasteiger partial charge in [0.15, 0.2) is 0 Å². The van der Waals surface area contributed by atoms with Crippen molar-refractivity contribution in [3.63, 3.8) is 0 Å². The smallest absolute Gasteiger partial charge is 0.255 e. The van der Waals surface area contributed by atoms with E-state index in [-0.39, 0.29) is 12.1 Å². The third-order valence-corrected chi connectivity index (χ3v) is 2.91. The van der Waals surface area contributed by atoms with Crippen molar-refractivity contribution in [1.82, 2.24) is 15.5 Å². The number of nitrogens with zero attached hydrogens (tertiary/aromatic N) is 2. The number of carbonyl (C=O) groups is 1. The predicted octanol–water partition coefficient (Wildman–Crippen LogP) is 2.31. The number of nitrogens with one attached hydrogen (secondary N) is 1. The lowest BCUT2D eigenvalue weighted by Gasteiger charge is -2.07. The van der Waals surface area contributed by atoms with Gasteiger partial charge in [-0.2, -0.15) is 10.2 Å². The minimum atomic E-state index is -0.568. The Hall–Kier alpha value is -1.82. The second-order valence-electron chi connectivity index (χ2n) is 3.49. The van der Waals surface area contributed by atoms with Crippen LogP contribution in [0.3, 0.4) is 0 Å². The number of hydrogen-bond donors (Lipinski definition) is 1. The van der Waals surface area contributed by atoms with Crippen molar-refractivity contribution >= 4 is 21.8 Å². The van der Waals surface area contributed by atoms with Crippen molar-refractivity contribution in [3.05, 3.63) is 58.1 Å². The highest BCUT2D eigenvalue weighted by atomic mass is 79.9. The minimum Gasteiger partial charge on any atom is -0.346 e. The summed E-state index contributed by atoms with van der Waals surface area (Å²) in [5, 5.41) is 10.1. The zero-order valence-corrected chi connectivity index (χ0v) is 10.8. The van der Waals surface area contributed by atoms with Gasteiger partial charge in [-0.3, -0.25) is 4.79 Å². The van der Waals surface area contributed by atoms with Crippen molar-refractivity contribution in [1.29, 1.82) is 0 Å². The van der Waals surface area contributed by atoms with Gasteiger partial charge in [0.05, 0.1) is 17.8 Å². The molecule has 0 radical (unpaired) electrons. The van der Waals surface area contributed by atoms with Gasteiger partial charge in [0, 0.05) is 10.7 Å². The van der Waals surface area contributed by atoms with Gasteiger partial charge in [0.25, 0.3) is 5.91 Å². The van der Waals surface area contributed by atoms with Crippen LogP contribution in [0.5, 0.6) is 0 Å². The van der Waals surface area contributed by atoms with Crippen molar-refractivity contribution in [2.45, 2.75) is 6.54 Å². The topological polar surface area (TPSA) is 54.9 Å². The summed E-state index contributed by atoms with van der Waals surface area (Å²) in [5.74, 6) is -1.06. The molecule has 1 aromatic heterocycles. The molecule has 0 atom stereocenters. The van der Waals surface area contributed by atoms with Crippen LogP contribution in [0.1, 0.15) is 16.1 Å². The third kappa shape index (κ3) is 2.89. The average Bonchev–Trinajstić information content (AvgIpc) is 2.37. The van der Waals surface area contributed by atoms with Crippen LogP contribution in [0, 0.1) is 5.82 Å². The first-order valence-corrected chi connectivity index (χ1v) is 5.96. The molecule has 1 aromatic carbocycles. The SMILES string of the molecule is O=C(NCc1cccnn1)c1c(F)cccc1Br. The molecule has 0 unspecified atom stereocenters. The Kier molecular flexibility index (Phi) is 3.99. The molecule has 18 heavy (non-hydrogen) atoms. The molecule has 4 nitrogen and oxygen atoms in total. The lowest BCUT2D eigenvalue weighted by atomic mass is 10.2. The molecule has 1 N–H and O–H groups in total. The Bertz CT molecular complexity index is 542. The molecule has 1 heterocycles. The Morgan fingerprint density at radius 3 is 2.83 bits per heavy atom. The van der Waals surface area contributed by atoms with E-state index in [1.165, 1.54) is 12.1 Å². The Balaban J connectivity index is 2.09. The van der Waals surface area contributed by atoms with Crippen LogP contribution in [0.15, 0.2) is 41.0 Å². The number of aromatic nitrogens is 2. The first kappa shape index (κ1) is 12.6. The molecule has 2 rings (SSSR count). The Labute approximate surface area is 111 Å². The maximum Gasteiger partial charge on any atom is 0.255 e.